The van der Waals surface area contributed by atoms with Crippen LogP contribution >= 0.6 is 0 Å². The van der Waals surface area contributed by atoms with Gasteiger partial charge in [0.15, 0.2) is 0 Å². The van der Waals surface area contributed by atoms with Crippen LogP contribution in [0.15, 0.2) is 388 Å². The summed E-state index contributed by atoms with van der Waals surface area (Å²) in [4.78, 5) is 0. The van der Waals surface area contributed by atoms with E-state index in [0.29, 0.717) is 0 Å². The second kappa shape index (κ2) is 43.1. The third-order valence-electron chi connectivity index (χ3n) is 19.7. The van der Waals surface area contributed by atoms with Gasteiger partial charge in [0.1, 0.15) is 0 Å². The van der Waals surface area contributed by atoms with Gasteiger partial charge >= 0.3 is 0 Å². The first-order valence-electron chi connectivity index (χ1n) is 39.2. The van der Waals surface area contributed by atoms with Gasteiger partial charge in [0.25, 0.3) is 0 Å². The standard InChI is InChI=1S/C26H22.C20H18.3C14H14.3C8H10/c1-19-3-7-21(8-4-19)23-11-15-25(16-12-23)26-17-13-24(14-18-26)22-9-5-20(2)6-10-22;1-15-3-7-17(8-4-15)19-11-13-20(14-12-19)18-9-5-16(2)6-10-18;1-11-3-7-13(8-4-11)14-9-5-12(2)6-10-14;1-11-6-8-13(9-7-11)14-5-3-4-12(2)10-14;1-11-7-9-13(10-8-11)14-6-4-3-5-12(14)2;1-7-3-5-8(2)6-4-7;1-7-4-3-5-8(2)6-7;1-7-5-3-4-6-8(7)2/h3-18H,1-2H3;3-14H,1-2H3;3*3-10H,1-2H3;3*3-6H,1-2H3. The zero-order chi connectivity index (χ0) is 79.7. The van der Waals surface area contributed by atoms with Crippen molar-refractivity contribution in [2.24, 2.45) is 0 Å². The lowest BCUT2D eigenvalue weighted by atomic mass is 9.97. The molecule has 0 aromatic heterocycles. The molecule has 0 radical (unpaired) electrons. The minimum absolute atomic E-state index is 1.25. The second-order valence-corrected chi connectivity index (χ2v) is 29.7. The Morgan fingerprint density at radius 3 is 0.446 bits per heavy atom. The van der Waals surface area contributed by atoms with Crippen molar-refractivity contribution in [2.75, 3.05) is 0 Å². The summed E-state index contributed by atoms with van der Waals surface area (Å²) in [6.45, 7) is 33.8. The third kappa shape index (κ3) is 27.6. The average Bonchev–Trinajstić information content (AvgIpc) is 0.835. The van der Waals surface area contributed by atoms with Crippen LogP contribution in [0.3, 0.4) is 0 Å². The van der Waals surface area contributed by atoms with E-state index in [1.807, 2.05) is 0 Å². The predicted molar refractivity (Wildman–Crippen MR) is 491 cm³/mol. The van der Waals surface area contributed by atoms with E-state index in [1.54, 1.807) is 0 Å². The molecule has 0 aliphatic carbocycles. The molecule has 0 bridgehead atoms. The van der Waals surface area contributed by atoms with Crippen molar-refractivity contribution in [1.82, 2.24) is 0 Å². The van der Waals surface area contributed by atoms with Gasteiger partial charge in [-0.1, -0.05) is 461 Å². The van der Waals surface area contributed by atoms with Crippen LogP contribution < -0.4 is 0 Å². The van der Waals surface area contributed by atoms with E-state index in [1.165, 1.54) is 178 Å². The fourth-order valence-electron chi connectivity index (χ4n) is 12.3. The minimum Gasteiger partial charge on any atom is -0.0620 e. The van der Waals surface area contributed by atoms with Gasteiger partial charge in [-0.15, -0.1) is 0 Å². The van der Waals surface area contributed by atoms with E-state index >= 15 is 0 Å². The molecule has 16 aromatic carbocycles. The first-order valence-corrected chi connectivity index (χ1v) is 39.2. The van der Waals surface area contributed by atoms with Gasteiger partial charge in [0, 0.05) is 0 Å². The lowest BCUT2D eigenvalue weighted by Crippen LogP contribution is -1.82. The molecule has 16 aromatic rings. The van der Waals surface area contributed by atoms with Crippen LogP contribution in [0.25, 0.3) is 89.0 Å². The molecule has 0 spiro atoms. The predicted octanol–water partition coefficient (Wildman–Crippen LogP) is 31.8. The minimum atomic E-state index is 1.25. The monoisotopic (exact) mass is 1460 g/mol. The van der Waals surface area contributed by atoms with E-state index in [9.17, 15) is 0 Å². The fraction of sp³-hybridized carbons (Fsp3) is 0.143. The third-order valence-corrected chi connectivity index (χ3v) is 19.7. The molecule has 560 valence electrons. The van der Waals surface area contributed by atoms with Crippen molar-refractivity contribution in [3.63, 3.8) is 0 Å². The van der Waals surface area contributed by atoms with Gasteiger partial charge in [0.2, 0.25) is 0 Å². The van der Waals surface area contributed by atoms with E-state index < -0.39 is 0 Å². The summed E-state index contributed by atoms with van der Waals surface area (Å²) in [7, 11) is 0. The maximum absolute atomic E-state index is 2.21. The van der Waals surface area contributed by atoms with Gasteiger partial charge in [0.05, 0.1) is 0 Å². The van der Waals surface area contributed by atoms with Gasteiger partial charge in [-0.3, -0.25) is 0 Å². The second-order valence-electron chi connectivity index (χ2n) is 29.7. The molecule has 0 aliphatic rings. The molecule has 0 heteroatoms. The van der Waals surface area contributed by atoms with Crippen LogP contribution in [0, 0.1) is 111 Å². The molecular weight excluding hydrogens is 1350 g/mol. The molecule has 0 nitrogen and oxygen atoms in total. The van der Waals surface area contributed by atoms with Gasteiger partial charge in [-0.25, -0.2) is 0 Å². The Balaban J connectivity index is 0.000000152. The van der Waals surface area contributed by atoms with Crippen LogP contribution in [0.2, 0.25) is 0 Å². The summed E-state index contributed by atoms with van der Waals surface area (Å²) < 4.78 is 0. The molecular formula is C112H112. The summed E-state index contributed by atoms with van der Waals surface area (Å²) in [6.07, 6.45) is 0. The molecule has 112 heavy (non-hydrogen) atoms. The molecule has 0 aliphatic heterocycles. The van der Waals surface area contributed by atoms with Crippen LogP contribution in [0.1, 0.15) is 89.0 Å². The molecule has 0 heterocycles. The summed E-state index contributed by atoms with van der Waals surface area (Å²) in [5, 5.41) is 0. The van der Waals surface area contributed by atoms with Gasteiger partial charge in [-0.05, 0) is 216 Å². The number of benzene rings is 16. The zero-order valence-corrected chi connectivity index (χ0v) is 69.0. The number of hydrogen-bond acceptors (Lipinski definition) is 0. The summed E-state index contributed by atoms with van der Waals surface area (Å²) >= 11 is 0. The highest BCUT2D eigenvalue weighted by Crippen LogP contribution is 2.31. The topological polar surface area (TPSA) is 0 Å². The van der Waals surface area contributed by atoms with Gasteiger partial charge in [-0.2, -0.15) is 0 Å². The Bertz CT molecular complexity index is 5160. The van der Waals surface area contributed by atoms with Crippen LogP contribution in [0.4, 0.5) is 0 Å². The lowest BCUT2D eigenvalue weighted by molar-refractivity contribution is 1.34. The smallest absolute Gasteiger partial charge is 0.0155 e. The Hall–Kier alpha value is -12.5. The highest BCUT2D eigenvalue weighted by molar-refractivity contribution is 5.75. The van der Waals surface area contributed by atoms with Gasteiger partial charge < -0.3 is 0 Å². The molecule has 0 amide bonds. The molecule has 0 fully saturated rings. The lowest BCUT2D eigenvalue weighted by Gasteiger charge is -2.07. The zero-order valence-electron chi connectivity index (χ0n) is 69.0. The Morgan fingerprint density at radius 2 is 0.259 bits per heavy atom. The first-order chi connectivity index (χ1) is 54.1. The molecule has 16 rings (SSSR count). The van der Waals surface area contributed by atoms with Crippen LogP contribution in [-0.4, -0.2) is 0 Å². The number of hydrogen-bond donors (Lipinski definition) is 0. The normalized spacial score (nSPS) is 10.1. The summed E-state index contributed by atoms with van der Waals surface area (Å²) in [5.41, 5.74) is 41.5. The number of rotatable bonds is 8. The van der Waals surface area contributed by atoms with Crippen molar-refractivity contribution >= 4 is 0 Å². The summed E-state index contributed by atoms with van der Waals surface area (Å²) in [5.74, 6) is 0. The highest BCUT2D eigenvalue weighted by atomic mass is 14.1. The van der Waals surface area contributed by atoms with Crippen molar-refractivity contribution in [3.05, 3.63) is 477 Å². The Morgan fingerprint density at radius 1 is 0.0982 bits per heavy atom. The summed E-state index contributed by atoms with van der Waals surface area (Å²) in [6, 6.07) is 138. The van der Waals surface area contributed by atoms with Crippen molar-refractivity contribution in [1.29, 1.82) is 0 Å². The first kappa shape index (κ1) is 83.6. The van der Waals surface area contributed by atoms with Crippen molar-refractivity contribution in [3.8, 4) is 89.0 Å². The van der Waals surface area contributed by atoms with E-state index in [0.717, 1.165) is 0 Å². The van der Waals surface area contributed by atoms with E-state index in [4.69, 9.17) is 0 Å². The molecule has 0 unspecified atom stereocenters. The quantitative estimate of drug-likeness (QED) is 0.142. The fourth-order valence-corrected chi connectivity index (χ4v) is 12.3. The largest absolute Gasteiger partial charge is 0.0620 e. The Kier molecular flexibility index (Phi) is 32.1. The van der Waals surface area contributed by atoms with Crippen LogP contribution in [-0.2, 0) is 0 Å². The van der Waals surface area contributed by atoms with E-state index in [-0.39, 0.29) is 0 Å². The maximum Gasteiger partial charge on any atom is -0.0155 e. The van der Waals surface area contributed by atoms with Crippen molar-refractivity contribution < 1.29 is 0 Å². The van der Waals surface area contributed by atoms with E-state index in [2.05, 4.69) is 499 Å². The maximum atomic E-state index is 2.21. The van der Waals surface area contributed by atoms with Crippen LogP contribution in [0.5, 0.6) is 0 Å². The molecule has 0 atom stereocenters. The molecule has 0 saturated carbocycles. The SMILES string of the molecule is Cc1ccc(-c2ccc(-c3ccc(-c4ccc(C)cc4)cc3)cc2)cc1.Cc1ccc(-c2ccc(-c3ccc(C)cc3)cc2)cc1.Cc1ccc(-c2ccc(C)cc2)cc1.Cc1ccc(-c2cccc(C)c2)cc1.Cc1ccc(-c2ccccc2C)cc1.Cc1ccc(C)cc1.Cc1cccc(C)c1.Cc1ccccc1C. The highest BCUT2D eigenvalue weighted by Gasteiger charge is 2.06. The number of aryl methyl sites for hydroxylation is 16. The average molecular weight is 1460 g/mol. The molecule has 0 N–H and O–H groups in total. The Labute approximate surface area is 672 Å². The molecule has 0 saturated heterocycles. The van der Waals surface area contributed by atoms with Crippen molar-refractivity contribution in [2.45, 2.75) is 111 Å².